The average Bonchev–Trinajstić information content (AvgIpc) is 3.38. The van der Waals surface area contributed by atoms with E-state index in [1.807, 2.05) is 0 Å². The van der Waals surface area contributed by atoms with Crippen LogP contribution in [-0.4, -0.2) is 160 Å². The number of aliphatic hydroxyl groups excluding tert-OH is 8. The smallest absolute Gasteiger partial charge is 0.303 e. The van der Waals surface area contributed by atoms with E-state index in [1.165, 1.54) is 57.8 Å². The third-order valence-corrected chi connectivity index (χ3v) is 11.4. The number of hydrogen-bond donors (Lipinski definition) is 14. The average molecular weight is 1140 g/mol. The van der Waals surface area contributed by atoms with Gasteiger partial charge in [-0.25, -0.2) is 0 Å². The van der Waals surface area contributed by atoms with Gasteiger partial charge in [0.25, 0.3) is 0 Å². The van der Waals surface area contributed by atoms with E-state index in [1.54, 1.807) is 0 Å². The Kier molecular flexibility index (Phi) is 83.4. The number of unbranched alkanes of at least 4 members (excludes halogenated alkanes) is 15. The standard InChI is InChI=1S/3C9H18O2.3C7H14O2.2C5H12O4/c3*1-8(2)6-4-3-5-7-9(10)11;3*1-2-3-4-5-6-7(8)9;2*6-1-5(2-7,3-8)4-9/h3*8H,3-7H2,1-2H3,(H,10,11);3*2-6H2,1H3,(H,8,9);2*6-9H,1-4H2. The van der Waals surface area contributed by atoms with Crippen LogP contribution >= 0.6 is 0 Å². The molecule has 0 rings (SSSR count). The lowest BCUT2D eigenvalue weighted by atomic mass is 9.93. The first-order valence-electron chi connectivity index (χ1n) is 28.9. The molecule has 0 atom stereocenters. The molecule has 0 bridgehead atoms. The van der Waals surface area contributed by atoms with Crippen LogP contribution in [0, 0.1) is 28.6 Å². The third kappa shape index (κ3) is 94.9. The molecular formula is C58H120O20. The lowest BCUT2D eigenvalue weighted by molar-refractivity contribution is -0.138. The number of aliphatic carboxylic acids is 6. The SMILES string of the molecule is CC(C)CCCCCC(=O)O.CC(C)CCCCCC(=O)O.CC(C)CCCCCC(=O)O.CCCCCCC(=O)O.CCCCCCC(=O)O.CCCCCCC(=O)O.OCC(CO)(CO)CO.OCC(CO)(CO)CO. The lowest BCUT2D eigenvalue weighted by Gasteiger charge is -2.23. The molecule has 78 heavy (non-hydrogen) atoms. The van der Waals surface area contributed by atoms with Crippen molar-refractivity contribution in [3.63, 3.8) is 0 Å². The molecule has 0 aliphatic heterocycles. The Hall–Kier alpha value is -3.50. The van der Waals surface area contributed by atoms with Crippen LogP contribution in [0.1, 0.15) is 255 Å². The molecule has 20 nitrogen and oxygen atoms in total. The van der Waals surface area contributed by atoms with Crippen molar-refractivity contribution in [1.29, 1.82) is 0 Å². The number of hydrogen-bond acceptors (Lipinski definition) is 14. The van der Waals surface area contributed by atoms with Crippen molar-refractivity contribution < 1.29 is 100 Å². The van der Waals surface area contributed by atoms with Gasteiger partial charge >= 0.3 is 35.8 Å². The second-order valence-electron chi connectivity index (χ2n) is 21.0. The Labute approximate surface area is 471 Å². The highest BCUT2D eigenvalue weighted by atomic mass is 16.4. The van der Waals surface area contributed by atoms with Gasteiger partial charge in [0.15, 0.2) is 0 Å². The first-order valence-corrected chi connectivity index (χ1v) is 28.9. The number of aliphatic hydroxyl groups is 8. The van der Waals surface area contributed by atoms with Gasteiger partial charge in [0.1, 0.15) is 0 Å². The molecule has 0 spiro atoms. The van der Waals surface area contributed by atoms with Crippen LogP contribution in [0.2, 0.25) is 0 Å². The minimum absolute atomic E-state index is 0.331. The molecule has 0 aliphatic carbocycles. The summed E-state index contributed by atoms with van der Waals surface area (Å²) in [6.07, 6.45) is 27.5. The number of rotatable bonds is 41. The molecule has 0 radical (unpaired) electrons. The molecular weight excluding hydrogens is 1020 g/mol. The molecule has 0 heterocycles. The normalized spacial score (nSPS) is 10.5. The maximum atomic E-state index is 10.1. The van der Waals surface area contributed by atoms with Gasteiger partial charge < -0.3 is 71.5 Å². The number of carboxylic acid groups (broad SMARTS) is 6. The van der Waals surface area contributed by atoms with Crippen LogP contribution < -0.4 is 0 Å². The summed E-state index contributed by atoms with van der Waals surface area (Å²) >= 11 is 0. The summed E-state index contributed by atoms with van der Waals surface area (Å²) in [6.45, 7) is 16.2. The first kappa shape index (κ1) is 91.0. The molecule has 0 aromatic carbocycles. The minimum atomic E-state index is -1.11. The fourth-order valence-electron chi connectivity index (χ4n) is 5.73. The van der Waals surface area contributed by atoms with Gasteiger partial charge in [0.05, 0.1) is 63.7 Å². The first-order chi connectivity index (χ1) is 36.7. The van der Waals surface area contributed by atoms with Crippen molar-refractivity contribution in [2.75, 3.05) is 52.9 Å². The highest BCUT2D eigenvalue weighted by molar-refractivity contribution is 5.68. The van der Waals surface area contributed by atoms with E-state index in [-0.39, 0.29) is 0 Å². The van der Waals surface area contributed by atoms with Crippen LogP contribution in [-0.2, 0) is 28.8 Å². The molecule has 0 saturated heterocycles. The fourth-order valence-corrected chi connectivity index (χ4v) is 5.73. The predicted octanol–water partition coefficient (Wildman–Crippen LogP) is 10.0. The predicted molar refractivity (Wildman–Crippen MR) is 307 cm³/mol. The highest BCUT2D eigenvalue weighted by Gasteiger charge is 2.27. The third-order valence-electron chi connectivity index (χ3n) is 11.4. The molecule has 20 heteroatoms. The van der Waals surface area contributed by atoms with Gasteiger partial charge in [-0.05, 0) is 56.3 Å². The van der Waals surface area contributed by atoms with E-state index in [9.17, 15) is 28.8 Å². The Balaban J connectivity index is -0.000000120. The largest absolute Gasteiger partial charge is 0.481 e. The van der Waals surface area contributed by atoms with Crippen molar-refractivity contribution >= 4 is 35.8 Å². The topological polar surface area (TPSA) is 386 Å². The number of carbonyl (C=O) groups is 6. The molecule has 14 N–H and O–H groups in total. The summed E-state index contributed by atoms with van der Waals surface area (Å²) in [6, 6.07) is 0. The van der Waals surface area contributed by atoms with Crippen LogP contribution in [0.4, 0.5) is 0 Å². The molecule has 0 amide bonds. The van der Waals surface area contributed by atoms with Crippen molar-refractivity contribution in [1.82, 2.24) is 0 Å². The van der Waals surface area contributed by atoms with E-state index in [2.05, 4.69) is 62.3 Å². The van der Waals surface area contributed by atoms with E-state index in [4.69, 9.17) is 71.5 Å². The van der Waals surface area contributed by atoms with Gasteiger partial charge in [-0.3, -0.25) is 28.8 Å². The maximum absolute atomic E-state index is 10.1. The zero-order valence-electron chi connectivity index (χ0n) is 50.3. The Morgan fingerprint density at radius 2 is 0.397 bits per heavy atom. The quantitative estimate of drug-likeness (QED) is 0.0253. The number of carboxylic acids is 6. The highest BCUT2D eigenvalue weighted by Crippen LogP contribution is 2.14. The van der Waals surface area contributed by atoms with Crippen LogP contribution in [0.15, 0.2) is 0 Å². The molecule has 0 saturated carbocycles. The van der Waals surface area contributed by atoms with Crippen LogP contribution in [0.5, 0.6) is 0 Å². The Morgan fingerprint density at radius 3 is 0.487 bits per heavy atom. The molecule has 0 aromatic rings. The molecule has 0 aliphatic rings. The Bertz CT molecular complexity index is 1100. The molecule has 0 fully saturated rings. The molecule has 0 aromatic heterocycles. The summed E-state index contributed by atoms with van der Waals surface area (Å²) in [5, 5.41) is 118. The zero-order chi connectivity index (χ0) is 62.1. The summed E-state index contributed by atoms with van der Waals surface area (Å²) in [4.78, 5) is 60.2. The molecule has 0 unspecified atom stereocenters. The van der Waals surface area contributed by atoms with Gasteiger partial charge in [-0.15, -0.1) is 0 Å². The van der Waals surface area contributed by atoms with Crippen molar-refractivity contribution in [3.8, 4) is 0 Å². The zero-order valence-corrected chi connectivity index (χ0v) is 50.3. The van der Waals surface area contributed by atoms with Gasteiger partial charge in [-0.1, -0.05) is 178 Å². The van der Waals surface area contributed by atoms with E-state index < -0.39 is 99.5 Å². The van der Waals surface area contributed by atoms with Gasteiger partial charge in [-0.2, -0.15) is 0 Å². The van der Waals surface area contributed by atoms with E-state index in [0.29, 0.717) is 38.5 Å². The van der Waals surface area contributed by atoms with Crippen molar-refractivity contribution in [2.24, 2.45) is 28.6 Å². The summed E-state index contributed by atoms with van der Waals surface area (Å²) in [5.74, 6) is -1.79. The Morgan fingerprint density at radius 1 is 0.256 bits per heavy atom. The van der Waals surface area contributed by atoms with Crippen LogP contribution in [0.3, 0.4) is 0 Å². The fraction of sp³-hybridized carbons (Fsp3) is 0.897. The summed E-state index contributed by atoms with van der Waals surface area (Å²) in [7, 11) is 0. The van der Waals surface area contributed by atoms with Crippen molar-refractivity contribution in [3.05, 3.63) is 0 Å². The van der Waals surface area contributed by atoms with Gasteiger partial charge in [0.2, 0.25) is 0 Å². The second kappa shape index (κ2) is 71.5. The lowest BCUT2D eigenvalue weighted by Crippen LogP contribution is -2.37. The summed E-state index contributed by atoms with van der Waals surface area (Å²) in [5.41, 5.74) is -2.22. The van der Waals surface area contributed by atoms with Crippen molar-refractivity contribution in [2.45, 2.75) is 255 Å². The van der Waals surface area contributed by atoms with Gasteiger partial charge in [0, 0.05) is 38.5 Å². The van der Waals surface area contributed by atoms with E-state index in [0.717, 1.165) is 114 Å². The summed E-state index contributed by atoms with van der Waals surface area (Å²) < 4.78 is 0. The van der Waals surface area contributed by atoms with E-state index >= 15 is 0 Å². The van der Waals surface area contributed by atoms with Crippen LogP contribution in [0.25, 0.3) is 0 Å². The monoisotopic (exact) mass is 1140 g/mol. The maximum Gasteiger partial charge on any atom is 0.303 e. The molecule has 472 valence electrons. The second-order valence-corrected chi connectivity index (χ2v) is 21.0. The minimum Gasteiger partial charge on any atom is -0.481 e.